The molecule has 0 saturated carbocycles. The van der Waals surface area contributed by atoms with Gasteiger partial charge in [-0.1, -0.05) is 60.7 Å². The molecule has 1 heterocycles. The van der Waals surface area contributed by atoms with Crippen LogP contribution in [0.4, 0.5) is 0 Å². The summed E-state index contributed by atoms with van der Waals surface area (Å²) >= 11 is 0. The minimum absolute atomic E-state index is 0.936. The van der Waals surface area contributed by atoms with E-state index in [0.717, 1.165) is 13.1 Å². The van der Waals surface area contributed by atoms with Crippen molar-refractivity contribution in [2.45, 2.75) is 0 Å². The quantitative estimate of drug-likeness (QED) is 0.598. The van der Waals surface area contributed by atoms with Gasteiger partial charge in [0.05, 0.1) is 0 Å². The second-order valence-electron chi connectivity index (χ2n) is 4.99. The van der Waals surface area contributed by atoms with Gasteiger partial charge in [-0.3, -0.25) is 0 Å². The lowest BCUT2D eigenvalue weighted by Crippen LogP contribution is -2.26. The third-order valence-corrected chi connectivity index (χ3v) is 3.92. The monoisotopic (exact) mass is 245 g/mol. The van der Waals surface area contributed by atoms with Crippen LogP contribution in [0.2, 0.25) is 0 Å². The SMILES string of the molecule is C1=c2c(c3ccccc3c3ccccc23)=CCNC1. The first kappa shape index (κ1) is 10.8. The lowest BCUT2D eigenvalue weighted by Gasteiger charge is -2.06. The fourth-order valence-electron chi connectivity index (χ4n) is 3.07. The van der Waals surface area contributed by atoms with Crippen molar-refractivity contribution in [3.05, 3.63) is 59.0 Å². The third kappa shape index (κ3) is 1.59. The van der Waals surface area contributed by atoms with Crippen LogP contribution in [-0.2, 0) is 0 Å². The van der Waals surface area contributed by atoms with Crippen molar-refractivity contribution in [1.82, 2.24) is 5.32 Å². The highest BCUT2D eigenvalue weighted by Gasteiger charge is 2.05. The van der Waals surface area contributed by atoms with Crippen LogP contribution in [-0.4, -0.2) is 13.1 Å². The molecule has 19 heavy (non-hydrogen) atoms. The maximum absolute atomic E-state index is 3.41. The van der Waals surface area contributed by atoms with E-state index in [0.29, 0.717) is 0 Å². The van der Waals surface area contributed by atoms with E-state index in [2.05, 4.69) is 66.0 Å². The van der Waals surface area contributed by atoms with Gasteiger partial charge >= 0.3 is 0 Å². The van der Waals surface area contributed by atoms with E-state index in [1.165, 1.54) is 32.0 Å². The van der Waals surface area contributed by atoms with E-state index in [1.807, 2.05) is 0 Å². The van der Waals surface area contributed by atoms with E-state index in [1.54, 1.807) is 0 Å². The maximum atomic E-state index is 3.41. The third-order valence-electron chi connectivity index (χ3n) is 3.92. The summed E-state index contributed by atoms with van der Waals surface area (Å²) in [5.41, 5.74) is 0. The van der Waals surface area contributed by atoms with Gasteiger partial charge in [0.1, 0.15) is 0 Å². The smallest absolute Gasteiger partial charge is 0.0147 e. The van der Waals surface area contributed by atoms with Gasteiger partial charge in [-0.2, -0.15) is 0 Å². The lowest BCUT2D eigenvalue weighted by atomic mass is 9.97. The maximum Gasteiger partial charge on any atom is 0.0147 e. The molecule has 0 radical (unpaired) electrons. The zero-order valence-corrected chi connectivity index (χ0v) is 10.7. The Hall–Kier alpha value is -2.12. The first-order valence-electron chi connectivity index (χ1n) is 6.76. The summed E-state index contributed by atoms with van der Waals surface area (Å²) in [5, 5.41) is 11.6. The molecule has 0 aromatic heterocycles. The molecule has 92 valence electrons. The molecular formula is C18H15N. The predicted molar refractivity (Wildman–Crippen MR) is 82.5 cm³/mol. The van der Waals surface area contributed by atoms with Crippen LogP contribution in [0.5, 0.6) is 0 Å². The number of hydrogen-bond acceptors (Lipinski definition) is 1. The summed E-state index contributed by atoms with van der Waals surface area (Å²) in [6.07, 6.45) is 4.63. The van der Waals surface area contributed by atoms with Crippen LogP contribution in [0.3, 0.4) is 0 Å². The molecule has 1 nitrogen and oxygen atoms in total. The van der Waals surface area contributed by atoms with Crippen LogP contribution in [0.25, 0.3) is 33.7 Å². The summed E-state index contributed by atoms with van der Waals surface area (Å²) in [6.45, 7) is 1.87. The van der Waals surface area contributed by atoms with Crippen LogP contribution < -0.4 is 15.8 Å². The van der Waals surface area contributed by atoms with Crippen LogP contribution >= 0.6 is 0 Å². The first-order valence-corrected chi connectivity index (χ1v) is 6.76. The Kier molecular flexibility index (Phi) is 2.39. The van der Waals surface area contributed by atoms with Crippen molar-refractivity contribution in [3.8, 4) is 0 Å². The lowest BCUT2D eigenvalue weighted by molar-refractivity contribution is 0.889. The van der Waals surface area contributed by atoms with E-state index >= 15 is 0 Å². The molecule has 4 rings (SSSR count). The summed E-state index contributed by atoms with van der Waals surface area (Å²) in [6, 6.07) is 17.4. The molecule has 1 heteroatoms. The summed E-state index contributed by atoms with van der Waals surface area (Å²) in [5.74, 6) is 0. The highest BCUT2D eigenvalue weighted by Crippen LogP contribution is 2.20. The molecule has 1 N–H and O–H groups in total. The van der Waals surface area contributed by atoms with Crippen molar-refractivity contribution in [3.63, 3.8) is 0 Å². The van der Waals surface area contributed by atoms with Crippen molar-refractivity contribution >= 4 is 33.7 Å². The Bertz CT molecular complexity index is 816. The topological polar surface area (TPSA) is 12.0 Å². The average Bonchev–Trinajstić information content (AvgIpc) is 2.73. The largest absolute Gasteiger partial charge is 0.310 e. The number of fused-ring (bicyclic) bond motifs is 6. The highest BCUT2D eigenvalue weighted by molar-refractivity contribution is 6.08. The number of rotatable bonds is 0. The molecule has 0 unspecified atom stereocenters. The molecule has 0 saturated heterocycles. The average molecular weight is 245 g/mol. The Balaban J connectivity index is 2.42. The van der Waals surface area contributed by atoms with E-state index in [9.17, 15) is 0 Å². The Morgan fingerprint density at radius 3 is 1.47 bits per heavy atom. The molecule has 1 aliphatic rings. The minimum atomic E-state index is 0.936. The van der Waals surface area contributed by atoms with Gasteiger partial charge in [-0.25, -0.2) is 0 Å². The first-order chi connectivity index (χ1) is 9.45. The fourth-order valence-corrected chi connectivity index (χ4v) is 3.07. The Morgan fingerprint density at radius 2 is 1.00 bits per heavy atom. The molecular weight excluding hydrogens is 230 g/mol. The zero-order valence-electron chi connectivity index (χ0n) is 10.7. The Labute approximate surface area is 111 Å². The number of nitrogens with one attached hydrogen (secondary N) is 1. The molecule has 3 aromatic carbocycles. The minimum Gasteiger partial charge on any atom is -0.310 e. The van der Waals surface area contributed by atoms with Gasteiger partial charge in [-0.05, 0) is 32.0 Å². The Morgan fingerprint density at radius 1 is 0.579 bits per heavy atom. The van der Waals surface area contributed by atoms with Gasteiger partial charge in [-0.15, -0.1) is 0 Å². The molecule has 0 atom stereocenters. The van der Waals surface area contributed by atoms with Crippen molar-refractivity contribution in [1.29, 1.82) is 0 Å². The summed E-state index contributed by atoms with van der Waals surface area (Å²) in [4.78, 5) is 0. The van der Waals surface area contributed by atoms with Gasteiger partial charge in [0.25, 0.3) is 0 Å². The normalized spacial score (nSPS) is 14.5. The van der Waals surface area contributed by atoms with Crippen LogP contribution in [0.1, 0.15) is 0 Å². The van der Waals surface area contributed by atoms with Crippen molar-refractivity contribution < 1.29 is 0 Å². The van der Waals surface area contributed by atoms with E-state index in [4.69, 9.17) is 0 Å². The van der Waals surface area contributed by atoms with Gasteiger partial charge in [0.15, 0.2) is 0 Å². The summed E-state index contributed by atoms with van der Waals surface area (Å²) in [7, 11) is 0. The fraction of sp³-hybridized carbons (Fsp3) is 0.111. The molecule has 0 bridgehead atoms. The molecule has 3 aromatic rings. The van der Waals surface area contributed by atoms with Gasteiger partial charge in [0, 0.05) is 13.1 Å². The molecule has 0 spiro atoms. The second-order valence-corrected chi connectivity index (χ2v) is 4.99. The highest BCUT2D eigenvalue weighted by atomic mass is 14.8. The van der Waals surface area contributed by atoms with Gasteiger partial charge < -0.3 is 5.32 Å². The standard InChI is InChI=1S/C18H15N/c1-3-7-15-13(5-1)14-6-2-4-8-16(14)18-10-12-19-11-9-17(15)18/h1-10,19H,11-12H2. The van der Waals surface area contributed by atoms with Crippen LogP contribution in [0.15, 0.2) is 48.5 Å². The van der Waals surface area contributed by atoms with Crippen LogP contribution in [0, 0.1) is 0 Å². The van der Waals surface area contributed by atoms with E-state index in [-0.39, 0.29) is 0 Å². The van der Waals surface area contributed by atoms with Crippen molar-refractivity contribution in [2.24, 2.45) is 0 Å². The second kappa shape index (κ2) is 4.22. The molecule has 1 aliphatic heterocycles. The van der Waals surface area contributed by atoms with Crippen molar-refractivity contribution in [2.75, 3.05) is 13.1 Å². The molecule has 0 aliphatic carbocycles. The number of hydrogen-bond donors (Lipinski definition) is 1. The number of benzene rings is 3. The van der Waals surface area contributed by atoms with Gasteiger partial charge in [0.2, 0.25) is 0 Å². The predicted octanol–water partition coefficient (Wildman–Crippen LogP) is 2.16. The van der Waals surface area contributed by atoms with E-state index < -0.39 is 0 Å². The molecule has 0 fully saturated rings. The zero-order chi connectivity index (χ0) is 12.7. The summed E-state index contributed by atoms with van der Waals surface area (Å²) < 4.78 is 0. The molecule has 0 amide bonds.